The van der Waals surface area contributed by atoms with Gasteiger partial charge in [-0.25, -0.2) is 4.79 Å². The lowest BCUT2D eigenvalue weighted by atomic mass is 9.95. The predicted octanol–water partition coefficient (Wildman–Crippen LogP) is 0.746. The van der Waals surface area contributed by atoms with Gasteiger partial charge in [-0.1, -0.05) is 52.4 Å². The number of aliphatic imine (C=N–C) groups is 2. The van der Waals surface area contributed by atoms with Crippen LogP contribution in [-0.4, -0.2) is 87.9 Å². The minimum Gasteiger partial charge on any atom is -0.481 e. The third kappa shape index (κ3) is 19.4. The molecule has 0 rings (SSSR count). The second-order valence-corrected chi connectivity index (χ2v) is 11.6. The van der Waals surface area contributed by atoms with E-state index >= 15 is 0 Å². The van der Waals surface area contributed by atoms with Gasteiger partial charge in [0.1, 0.15) is 12.1 Å². The summed E-state index contributed by atoms with van der Waals surface area (Å²) in [6, 6.07) is -3.31. The average Bonchev–Trinajstić information content (AvgIpc) is 2.97. The topological polar surface area (TPSA) is 296 Å². The maximum atomic E-state index is 13.7. The molecule has 13 N–H and O–H groups in total. The van der Waals surface area contributed by atoms with Gasteiger partial charge in [-0.15, -0.1) is 0 Å². The molecule has 16 heteroatoms. The number of unbranched alkanes of at least 4 members (excludes halogenated alkanes) is 6. The number of carboxylic acids is 2. The highest BCUT2D eigenvalue weighted by Crippen LogP contribution is 2.18. The Morgan fingerprint density at radius 3 is 1.85 bits per heavy atom. The summed E-state index contributed by atoms with van der Waals surface area (Å²) in [6.45, 7) is 4.67. The van der Waals surface area contributed by atoms with Gasteiger partial charge in [0.05, 0.1) is 6.42 Å². The van der Waals surface area contributed by atoms with Crippen LogP contribution < -0.4 is 34.0 Å². The summed E-state index contributed by atoms with van der Waals surface area (Å²) in [7, 11) is 0. The minimum absolute atomic E-state index is 0.0304. The smallest absolute Gasteiger partial charge is 0.326 e. The Bertz CT molecular complexity index is 1010. The van der Waals surface area contributed by atoms with Gasteiger partial charge in [-0.3, -0.25) is 34.1 Å². The van der Waals surface area contributed by atoms with Gasteiger partial charge in [0, 0.05) is 32.0 Å². The number of amides is 3. The second kappa shape index (κ2) is 24.3. The van der Waals surface area contributed by atoms with Crippen LogP contribution in [-0.2, 0) is 24.0 Å². The van der Waals surface area contributed by atoms with Gasteiger partial charge in [0.15, 0.2) is 11.9 Å². The highest BCUT2D eigenvalue weighted by molar-refractivity contribution is 6.03. The summed E-state index contributed by atoms with van der Waals surface area (Å²) in [5.41, 5.74) is 27.4. The fourth-order valence-corrected chi connectivity index (χ4v) is 4.79. The van der Waals surface area contributed by atoms with Crippen LogP contribution in [0.25, 0.3) is 0 Å². The third-order valence-electron chi connectivity index (χ3n) is 7.70. The Hall–Kier alpha value is -3.95. The molecule has 264 valence electrons. The number of nitrogens with one attached hydrogen (secondary N) is 1. The van der Waals surface area contributed by atoms with Crippen molar-refractivity contribution < 1.29 is 34.2 Å². The van der Waals surface area contributed by atoms with Crippen molar-refractivity contribution in [2.45, 2.75) is 128 Å². The molecule has 0 saturated heterocycles. The summed E-state index contributed by atoms with van der Waals surface area (Å²) < 4.78 is 0. The van der Waals surface area contributed by atoms with E-state index in [4.69, 9.17) is 28.7 Å². The van der Waals surface area contributed by atoms with Crippen LogP contribution in [0.5, 0.6) is 0 Å². The number of hydrogen-bond donors (Lipinski definition) is 8. The molecule has 0 aromatic heterocycles. The summed E-state index contributed by atoms with van der Waals surface area (Å²) >= 11 is 0. The monoisotopic (exact) mass is 655 g/mol. The first-order valence-corrected chi connectivity index (χ1v) is 16.2. The number of nitrogens with two attached hydrogens (primary N) is 5. The Balaban J connectivity index is 5.58. The van der Waals surface area contributed by atoms with Gasteiger partial charge in [0.2, 0.25) is 11.8 Å². The molecule has 0 aromatic rings. The number of rotatable bonds is 26. The van der Waals surface area contributed by atoms with Crippen LogP contribution in [0.2, 0.25) is 0 Å². The zero-order chi connectivity index (χ0) is 35.1. The highest BCUT2D eigenvalue weighted by atomic mass is 16.4. The van der Waals surface area contributed by atoms with E-state index in [0.29, 0.717) is 37.1 Å². The lowest BCUT2D eigenvalue weighted by Gasteiger charge is -2.31. The molecule has 0 fully saturated rings. The molecule has 0 aliphatic carbocycles. The van der Waals surface area contributed by atoms with E-state index < -0.39 is 48.2 Å². The first-order valence-electron chi connectivity index (χ1n) is 16.2. The number of hydrogen-bond acceptors (Lipinski definition) is 8. The molecule has 0 aromatic carbocycles. The number of guanidine groups is 2. The molecule has 0 aliphatic rings. The lowest BCUT2D eigenvalue weighted by molar-refractivity contribution is -0.160. The molecule has 2 unspecified atom stereocenters. The number of imide groups is 1. The SMILES string of the molecule is CCC(C)C(N)CCCCC(=O)N(C(=O)[C@H](CC(=O)O)NC(=O)CCCCCCCCN=C(N)N)[C@H](CCCN=C(N)N)C(=O)O. The van der Waals surface area contributed by atoms with Crippen LogP contribution in [0.1, 0.15) is 110 Å². The Labute approximate surface area is 272 Å². The van der Waals surface area contributed by atoms with E-state index in [2.05, 4.69) is 15.3 Å². The largest absolute Gasteiger partial charge is 0.481 e. The number of carbonyl (C=O) groups is 5. The van der Waals surface area contributed by atoms with E-state index in [9.17, 15) is 34.2 Å². The Morgan fingerprint density at radius 1 is 0.761 bits per heavy atom. The van der Waals surface area contributed by atoms with Gasteiger partial charge >= 0.3 is 11.9 Å². The highest BCUT2D eigenvalue weighted by Gasteiger charge is 2.39. The molecule has 46 heavy (non-hydrogen) atoms. The molecule has 0 spiro atoms. The van der Waals surface area contributed by atoms with Gasteiger partial charge in [-0.2, -0.15) is 0 Å². The number of carbonyl (C=O) groups excluding carboxylic acids is 3. The van der Waals surface area contributed by atoms with Crippen molar-refractivity contribution in [1.29, 1.82) is 0 Å². The molecule has 16 nitrogen and oxygen atoms in total. The number of nitrogens with zero attached hydrogens (tertiary/aromatic N) is 3. The zero-order valence-corrected chi connectivity index (χ0v) is 27.5. The van der Waals surface area contributed by atoms with Crippen molar-refractivity contribution >= 4 is 41.6 Å². The molecule has 0 bridgehead atoms. The first-order chi connectivity index (χ1) is 21.7. The minimum atomic E-state index is -1.64. The molecule has 3 amide bonds. The Morgan fingerprint density at radius 2 is 1.30 bits per heavy atom. The molecule has 0 saturated carbocycles. The van der Waals surface area contributed by atoms with Gasteiger partial charge in [0.25, 0.3) is 5.91 Å². The van der Waals surface area contributed by atoms with Crippen molar-refractivity contribution in [3.63, 3.8) is 0 Å². The van der Waals surface area contributed by atoms with E-state index in [-0.39, 0.29) is 56.1 Å². The van der Waals surface area contributed by atoms with Crippen LogP contribution >= 0.6 is 0 Å². The summed E-state index contributed by atoms with van der Waals surface area (Å²) in [4.78, 5) is 72.2. The average molecular weight is 656 g/mol. The van der Waals surface area contributed by atoms with Crippen molar-refractivity contribution in [3.05, 3.63) is 0 Å². The maximum absolute atomic E-state index is 13.7. The molecule has 0 radical (unpaired) electrons. The second-order valence-electron chi connectivity index (χ2n) is 11.6. The predicted molar refractivity (Wildman–Crippen MR) is 176 cm³/mol. The van der Waals surface area contributed by atoms with E-state index in [1.54, 1.807) is 0 Å². The van der Waals surface area contributed by atoms with Crippen LogP contribution in [0.3, 0.4) is 0 Å². The molecule has 4 atom stereocenters. The summed E-state index contributed by atoms with van der Waals surface area (Å²) in [5, 5.41) is 21.9. The van der Waals surface area contributed by atoms with Gasteiger partial charge in [-0.05, 0) is 44.4 Å². The molecule has 0 heterocycles. The van der Waals surface area contributed by atoms with Crippen LogP contribution in [0.4, 0.5) is 0 Å². The van der Waals surface area contributed by atoms with Crippen molar-refractivity contribution in [2.75, 3.05) is 13.1 Å². The summed E-state index contributed by atoms with van der Waals surface area (Å²) in [6.07, 6.45) is 6.23. The fourth-order valence-electron chi connectivity index (χ4n) is 4.79. The quantitative estimate of drug-likeness (QED) is 0.0364. The normalized spacial score (nSPS) is 13.5. The van der Waals surface area contributed by atoms with Gasteiger partial charge < -0.3 is 44.2 Å². The number of carboxylic acid groups (broad SMARTS) is 2. The third-order valence-corrected chi connectivity index (χ3v) is 7.70. The number of aliphatic carboxylic acids is 2. The Kier molecular flexibility index (Phi) is 22.2. The van der Waals surface area contributed by atoms with Crippen molar-refractivity contribution in [2.24, 2.45) is 44.6 Å². The van der Waals surface area contributed by atoms with Crippen LogP contribution in [0.15, 0.2) is 9.98 Å². The zero-order valence-electron chi connectivity index (χ0n) is 27.5. The van der Waals surface area contributed by atoms with E-state index in [0.717, 1.165) is 38.5 Å². The first kappa shape index (κ1) is 42.0. The fraction of sp³-hybridized carbons (Fsp3) is 0.767. The lowest BCUT2D eigenvalue weighted by Crippen LogP contribution is -2.56. The standard InChI is InChI=1S/C30H57N9O7/c1-3-20(2)21(31)13-9-10-16-25(41)39(23(28(45)46)14-12-18-37-30(34)35)27(44)22(19-26(42)43)38-24(40)15-8-6-4-5-7-11-17-36-29(32)33/h20-23H,3-19,31H2,1-2H3,(H,38,40)(H,42,43)(H,45,46)(H4,32,33,36)(H4,34,35,37)/t20?,21?,22-,23+/m0/s1. The van der Waals surface area contributed by atoms with E-state index in [1.165, 1.54) is 0 Å². The van der Waals surface area contributed by atoms with E-state index in [1.807, 2.05) is 13.8 Å². The molecular weight excluding hydrogens is 598 g/mol. The maximum Gasteiger partial charge on any atom is 0.326 e. The molecular formula is C30H57N9O7. The van der Waals surface area contributed by atoms with Crippen LogP contribution in [0, 0.1) is 5.92 Å². The molecule has 0 aliphatic heterocycles. The van der Waals surface area contributed by atoms with Crippen molar-refractivity contribution in [1.82, 2.24) is 10.2 Å². The van der Waals surface area contributed by atoms with Crippen molar-refractivity contribution in [3.8, 4) is 0 Å². The summed E-state index contributed by atoms with van der Waals surface area (Å²) in [5.74, 6) is -5.14.